The van der Waals surface area contributed by atoms with Crippen LogP contribution in [0.1, 0.15) is 52.5 Å². The number of hydrogen-bond donors (Lipinski definition) is 3. The van der Waals surface area contributed by atoms with Gasteiger partial charge in [-0.2, -0.15) is 0 Å². The quantitative estimate of drug-likeness (QED) is 0.410. The van der Waals surface area contributed by atoms with Crippen molar-refractivity contribution in [2.24, 2.45) is 11.1 Å². The van der Waals surface area contributed by atoms with Gasteiger partial charge in [0, 0.05) is 37.4 Å². The van der Waals surface area contributed by atoms with Crippen LogP contribution in [0.3, 0.4) is 0 Å². The van der Waals surface area contributed by atoms with Crippen LogP contribution in [-0.4, -0.2) is 103 Å². The summed E-state index contributed by atoms with van der Waals surface area (Å²) < 4.78 is 40.5. The first kappa shape index (κ1) is 31.5. The Kier molecular flexibility index (Phi) is 9.23. The number of rotatable bonds is 6. The number of carbonyl (C=O) groups excluding carboxylic acids is 1. The molecule has 1 amide bonds. The number of likely N-dealkylation sites (tertiary alicyclic amines) is 1. The molecule has 236 valence electrons. The molecule has 0 radical (unpaired) electrons. The largest absolute Gasteiger partial charge is 0.444 e. The second-order valence-electron chi connectivity index (χ2n) is 12.2. The molecule has 12 nitrogen and oxygen atoms in total. The molecule has 2 fully saturated rings. The number of ether oxygens (including phenoxy) is 2. The third-order valence-corrected chi connectivity index (χ3v) is 8.32. The summed E-state index contributed by atoms with van der Waals surface area (Å²) in [5.74, 6) is -1.80. The Morgan fingerprint density at radius 3 is 2.42 bits per heavy atom. The average molecular weight is 628 g/mol. The number of piperidine rings is 1. The smallest absolute Gasteiger partial charge is 0.410 e. The number of aliphatic hydroxyl groups excluding tert-OH is 3. The SMILES string of the molecule is CC(C)(C)OC(=O)N1CCC(C2=NO[C@@H](C[C@H]3O[C@H](CO)[C@H](O)[C@H](n4cc(-c5cc(F)c(Cl)c(F)c5)nn4)[C@H]3O)C2)CC1. The van der Waals surface area contributed by atoms with E-state index in [1.165, 1.54) is 10.9 Å². The summed E-state index contributed by atoms with van der Waals surface area (Å²) in [5.41, 5.74) is 0.467. The number of carbonyl (C=O) groups is 1. The second kappa shape index (κ2) is 12.6. The minimum Gasteiger partial charge on any atom is -0.444 e. The minimum absolute atomic E-state index is 0.0675. The van der Waals surface area contributed by atoms with Gasteiger partial charge in [-0.1, -0.05) is 22.0 Å². The number of halogens is 3. The van der Waals surface area contributed by atoms with Crippen molar-refractivity contribution in [3.63, 3.8) is 0 Å². The highest BCUT2D eigenvalue weighted by Crippen LogP contribution is 2.35. The first-order valence-electron chi connectivity index (χ1n) is 14.2. The molecule has 0 saturated carbocycles. The first-order valence-corrected chi connectivity index (χ1v) is 14.6. The minimum atomic E-state index is -1.36. The molecule has 3 aliphatic heterocycles. The zero-order valence-corrected chi connectivity index (χ0v) is 24.8. The van der Waals surface area contributed by atoms with E-state index in [1.807, 2.05) is 20.8 Å². The predicted molar refractivity (Wildman–Crippen MR) is 149 cm³/mol. The van der Waals surface area contributed by atoms with Crippen molar-refractivity contribution >= 4 is 23.4 Å². The molecular weight excluding hydrogens is 592 g/mol. The fourth-order valence-corrected chi connectivity index (χ4v) is 5.85. The molecule has 6 atom stereocenters. The highest BCUT2D eigenvalue weighted by molar-refractivity contribution is 6.31. The Morgan fingerprint density at radius 2 is 1.79 bits per heavy atom. The van der Waals surface area contributed by atoms with E-state index < -0.39 is 65.4 Å². The van der Waals surface area contributed by atoms with Crippen LogP contribution in [0.5, 0.6) is 0 Å². The topological polar surface area (TPSA) is 152 Å². The van der Waals surface area contributed by atoms with Crippen molar-refractivity contribution in [1.29, 1.82) is 0 Å². The summed E-state index contributed by atoms with van der Waals surface area (Å²) in [5, 5.41) is 43.7. The average Bonchev–Trinajstić information content (AvgIpc) is 3.63. The van der Waals surface area contributed by atoms with Gasteiger partial charge in [-0.25, -0.2) is 18.3 Å². The van der Waals surface area contributed by atoms with E-state index in [4.69, 9.17) is 25.9 Å². The van der Waals surface area contributed by atoms with Crippen molar-refractivity contribution in [2.45, 2.75) is 88.6 Å². The molecule has 0 aliphatic carbocycles. The molecule has 15 heteroatoms. The molecular formula is C28H36ClF2N5O7. The van der Waals surface area contributed by atoms with Gasteiger partial charge < -0.3 is 34.5 Å². The van der Waals surface area contributed by atoms with Crippen molar-refractivity contribution in [2.75, 3.05) is 19.7 Å². The van der Waals surface area contributed by atoms with Gasteiger partial charge in [-0.3, -0.25) is 0 Å². The Morgan fingerprint density at radius 1 is 1.14 bits per heavy atom. The summed E-state index contributed by atoms with van der Waals surface area (Å²) in [6.07, 6.45) is -1.84. The molecule has 1 aromatic heterocycles. The van der Waals surface area contributed by atoms with Crippen molar-refractivity contribution in [3.05, 3.63) is 35.0 Å². The van der Waals surface area contributed by atoms with Crippen molar-refractivity contribution in [3.8, 4) is 11.3 Å². The number of aromatic nitrogens is 3. The van der Waals surface area contributed by atoms with E-state index >= 15 is 0 Å². The van der Waals surface area contributed by atoms with E-state index in [-0.39, 0.29) is 29.7 Å². The van der Waals surface area contributed by atoms with Gasteiger partial charge in [0.1, 0.15) is 58.4 Å². The van der Waals surface area contributed by atoms with Gasteiger partial charge in [-0.15, -0.1) is 5.10 Å². The molecule has 3 aliphatic rings. The van der Waals surface area contributed by atoms with E-state index in [2.05, 4.69) is 15.5 Å². The van der Waals surface area contributed by atoms with E-state index in [1.54, 1.807) is 4.90 Å². The summed E-state index contributed by atoms with van der Waals surface area (Å²) in [4.78, 5) is 19.8. The highest BCUT2D eigenvalue weighted by Gasteiger charge is 2.47. The molecule has 0 spiro atoms. The van der Waals surface area contributed by atoms with E-state index in [0.717, 1.165) is 17.8 Å². The Bertz CT molecular complexity index is 1320. The molecule has 2 saturated heterocycles. The zero-order chi connectivity index (χ0) is 31.1. The fourth-order valence-electron chi connectivity index (χ4n) is 5.74. The maximum Gasteiger partial charge on any atom is 0.410 e. The van der Waals surface area contributed by atoms with Gasteiger partial charge in [-0.05, 0) is 45.7 Å². The van der Waals surface area contributed by atoms with Crippen LogP contribution in [0.4, 0.5) is 13.6 Å². The lowest BCUT2D eigenvalue weighted by molar-refractivity contribution is -0.212. The number of benzene rings is 1. The summed E-state index contributed by atoms with van der Waals surface area (Å²) in [6.45, 7) is 6.04. The van der Waals surface area contributed by atoms with Crippen LogP contribution in [0.25, 0.3) is 11.3 Å². The maximum atomic E-state index is 14.0. The van der Waals surface area contributed by atoms with Crippen LogP contribution < -0.4 is 0 Å². The van der Waals surface area contributed by atoms with Gasteiger partial charge >= 0.3 is 6.09 Å². The molecule has 3 N–H and O–H groups in total. The monoisotopic (exact) mass is 627 g/mol. The van der Waals surface area contributed by atoms with Gasteiger partial charge in [0.2, 0.25) is 0 Å². The molecule has 1 aromatic carbocycles. The standard InChI is InChI=1S/C28H36ClF2N5O7/c1-28(2,3)42-27(40)35-6-4-14(5-7-35)19-10-16(43-33-19)11-21-25(38)24(26(39)22(13-37)41-21)36-12-20(32-34-36)15-8-17(30)23(29)18(31)9-15/h8-9,12,14,16,21-22,24-26,37-39H,4-7,10-11,13H2,1-3H3/t16-,21-,22-,24-,25+,26+/m1/s1. The molecule has 0 unspecified atom stereocenters. The predicted octanol–water partition coefficient (Wildman–Crippen LogP) is 3.08. The van der Waals surface area contributed by atoms with Gasteiger partial charge in [0.15, 0.2) is 0 Å². The van der Waals surface area contributed by atoms with Crippen LogP contribution in [-0.2, 0) is 14.3 Å². The lowest BCUT2D eigenvalue weighted by Gasteiger charge is -2.42. The normalized spacial score (nSPS) is 28.5. The number of nitrogens with zero attached hydrogens (tertiary/aromatic N) is 5. The fraction of sp³-hybridized carbons (Fsp3) is 0.643. The van der Waals surface area contributed by atoms with Crippen LogP contribution in [0, 0.1) is 17.6 Å². The zero-order valence-electron chi connectivity index (χ0n) is 24.1. The molecule has 2 aromatic rings. The number of oxime groups is 1. The maximum absolute atomic E-state index is 14.0. The molecule has 43 heavy (non-hydrogen) atoms. The Hall–Kier alpha value is -2.91. The first-order chi connectivity index (χ1) is 20.3. The van der Waals surface area contributed by atoms with Crippen LogP contribution in [0.15, 0.2) is 23.5 Å². The number of amides is 1. The highest BCUT2D eigenvalue weighted by atomic mass is 35.5. The summed E-state index contributed by atoms with van der Waals surface area (Å²) in [7, 11) is 0. The van der Waals surface area contributed by atoms with Crippen LogP contribution in [0.2, 0.25) is 5.02 Å². The summed E-state index contributed by atoms with van der Waals surface area (Å²) in [6, 6.07) is 0.927. The van der Waals surface area contributed by atoms with E-state index in [9.17, 15) is 28.9 Å². The Balaban J connectivity index is 1.21. The lowest BCUT2D eigenvalue weighted by atomic mass is 9.86. The Labute approximate surface area is 252 Å². The van der Waals surface area contributed by atoms with Crippen LogP contribution >= 0.6 is 11.6 Å². The molecule has 0 bridgehead atoms. The molecule has 4 heterocycles. The van der Waals surface area contributed by atoms with E-state index in [0.29, 0.717) is 32.4 Å². The van der Waals surface area contributed by atoms with Crippen molar-refractivity contribution in [1.82, 2.24) is 19.9 Å². The van der Waals surface area contributed by atoms with Crippen molar-refractivity contribution < 1.29 is 43.2 Å². The summed E-state index contributed by atoms with van der Waals surface area (Å²) >= 11 is 5.58. The van der Waals surface area contributed by atoms with Gasteiger partial charge in [0.25, 0.3) is 0 Å². The third-order valence-electron chi connectivity index (χ3n) is 7.96. The third kappa shape index (κ3) is 6.93. The van der Waals surface area contributed by atoms with Gasteiger partial charge in [0.05, 0.1) is 24.6 Å². The number of hydrogen-bond acceptors (Lipinski definition) is 10. The molecule has 5 rings (SSSR count). The second-order valence-corrected chi connectivity index (χ2v) is 12.6. The number of aliphatic hydroxyl groups is 3. The lowest BCUT2D eigenvalue weighted by Crippen LogP contribution is -2.56.